The van der Waals surface area contributed by atoms with Crippen LogP contribution in [0.3, 0.4) is 0 Å². The summed E-state index contributed by atoms with van der Waals surface area (Å²) in [6.07, 6.45) is 3.73. The molecule has 140 valence electrons. The number of carbonyl (C=O) groups excluding carboxylic acids is 1. The quantitative estimate of drug-likeness (QED) is 0.771. The van der Waals surface area contributed by atoms with E-state index in [1.165, 1.54) is 12.1 Å². The number of nitrogens with zero attached hydrogens (tertiary/aromatic N) is 1. The minimum Gasteiger partial charge on any atom is -0.368 e. The molecule has 0 saturated carbocycles. The molecule has 1 saturated heterocycles. The Morgan fingerprint density at radius 1 is 1.35 bits per heavy atom. The van der Waals surface area contributed by atoms with Crippen molar-refractivity contribution in [2.24, 2.45) is 0 Å². The van der Waals surface area contributed by atoms with Gasteiger partial charge in [0.15, 0.2) is 5.43 Å². The SMILES string of the molecule is CCCCCC(=O)N1CC(OCc2[nH]c3ccc(F)cc3c(=O)c2C)C1. The molecule has 2 heterocycles. The molecule has 1 aromatic heterocycles. The monoisotopic (exact) mass is 360 g/mol. The predicted molar refractivity (Wildman–Crippen MR) is 98.6 cm³/mol. The zero-order valence-electron chi connectivity index (χ0n) is 15.3. The number of unbranched alkanes of at least 4 members (excludes halogenated alkanes) is 2. The van der Waals surface area contributed by atoms with Crippen molar-refractivity contribution < 1.29 is 13.9 Å². The van der Waals surface area contributed by atoms with E-state index in [1.807, 2.05) is 4.90 Å². The number of H-pyrrole nitrogens is 1. The summed E-state index contributed by atoms with van der Waals surface area (Å²) in [5, 5.41) is 0.346. The molecule has 1 aliphatic rings. The van der Waals surface area contributed by atoms with Crippen LogP contribution in [0.15, 0.2) is 23.0 Å². The van der Waals surface area contributed by atoms with E-state index in [0.717, 1.165) is 19.3 Å². The summed E-state index contributed by atoms with van der Waals surface area (Å²) in [4.78, 5) is 29.4. The zero-order chi connectivity index (χ0) is 18.7. The minimum atomic E-state index is -0.426. The summed E-state index contributed by atoms with van der Waals surface area (Å²) < 4.78 is 19.2. The first-order chi connectivity index (χ1) is 12.5. The van der Waals surface area contributed by atoms with Gasteiger partial charge < -0.3 is 14.6 Å². The Morgan fingerprint density at radius 3 is 2.85 bits per heavy atom. The lowest BCUT2D eigenvalue weighted by Crippen LogP contribution is -2.54. The molecule has 1 aromatic carbocycles. The number of carbonyl (C=O) groups is 1. The van der Waals surface area contributed by atoms with Crippen LogP contribution in [0.1, 0.15) is 43.9 Å². The molecule has 0 spiro atoms. The first-order valence-corrected chi connectivity index (χ1v) is 9.20. The van der Waals surface area contributed by atoms with Crippen molar-refractivity contribution in [3.63, 3.8) is 0 Å². The minimum absolute atomic E-state index is 0.00283. The van der Waals surface area contributed by atoms with Gasteiger partial charge in [-0.1, -0.05) is 19.8 Å². The topological polar surface area (TPSA) is 62.4 Å². The fourth-order valence-electron chi connectivity index (χ4n) is 3.19. The molecule has 26 heavy (non-hydrogen) atoms. The number of rotatable bonds is 7. The third-order valence-electron chi connectivity index (χ3n) is 4.96. The molecule has 0 radical (unpaired) electrons. The van der Waals surface area contributed by atoms with E-state index >= 15 is 0 Å². The van der Waals surface area contributed by atoms with Crippen LogP contribution in [0.2, 0.25) is 0 Å². The molecule has 5 nitrogen and oxygen atoms in total. The number of likely N-dealkylation sites (tertiary alicyclic amines) is 1. The van der Waals surface area contributed by atoms with E-state index in [-0.39, 0.29) is 24.0 Å². The number of benzene rings is 1. The summed E-state index contributed by atoms with van der Waals surface area (Å²) in [5.41, 5.74) is 1.65. The fraction of sp³-hybridized carbons (Fsp3) is 0.500. The standard InChI is InChI=1S/C20H25FN2O3/c1-3-4-5-6-19(24)23-10-15(11-23)26-12-18-13(2)20(25)16-9-14(21)7-8-17(16)22-18/h7-9,15H,3-6,10-12H2,1-2H3,(H,22,25). The molecule has 1 fully saturated rings. The highest BCUT2D eigenvalue weighted by Gasteiger charge is 2.30. The van der Waals surface area contributed by atoms with Crippen molar-refractivity contribution >= 4 is 16.8 Å². The van der Waals surface area contributed by atoms with Crippen LogP contribution in [0.5, 0.6) is 0 Å². The molecule has 1 N–H and O–H groups in total. The predicted octanol–water partition coefficient (Wildman–Crippen LogP) is 3.28. The maximum Gasteiger partial charge on any atom is 0.222 e. The Labute approximate surface area is 152 Å². The molecule has 1 aliphatic heterocycles. The number of hydrogen-bond acceptors (Lipinski definition) is 3. The normalized spacial score (nSPS) is 14.7. The van der Waals surface area contributed by atoms with Crippen molar-refractivity contribution in [1.29, 1.82) is 0 Å². The number of halogens is 1. The smallest absolute Gasteiger partial charge is 0.222 e. The van der Waals surface area contributed by atoms with E-state index in [9.17, 15) is 14.0 Å². The van der Waals surface area contributed by atoms with Crippen molar-refractivity contribution in [3.8, 4) is 0 Å². The Kier molecular flexibility index (Phi) is 5.71. The maximum absolute atomic E-state index is 13.3. The largest absolute Gasteiger partial charge is 0.368 e. The lowest BCUT2D eigenvalue weighted by atomic mass is 10.1. The molecular weight excluding hydrogens is 335 g/mol. The second-order valence-electron chi connectivity index (χ2n) is 6.94. The maximum atomic E-state index is 13.3. The average Bonchev–Trinajstić information content (AvgIpc) is 2.58. The van der Waals surface area contributed by atoms with Gasteiger partial charge in [-0.3, -0.25) is 9.59 Å². The lowest BCUT2D eigenvalue weighted by molar-refractivity contribution is -0.146. The first-order valence-electron chi connectivity index (χ1n) is 9.20. The summed E-state index contributed by atoms with van der Waals surface area (Å²) in [7, 11) is 0. The fourth-order valence-corrected chi connectivity index (χ4v) is 3.19. The number of hydrogen-bond donors (Lipinski definition) is 1. The molecule has 0 unspecified atom stereocenters. The van der Waals surface area contributed by atoms with Gasteiger partial charge in [0, 0.05) is 41.7 Å². The molecule has 6 heteroatoms. The van der Waals surface area contributed by atoms with Gasteiger partial charge in [-0.25, -0.2) is 4.39 Å². The highest BCUT2D eigenvalue weighted by atomic mass is 19.1. The van der Waals surface area contributed by atoms with E-state index in [0.29, 0.717) is 41.7 Å². The van der Waals surface area contributed by atoms with Crippen LogP contribution < -0.4 is 5.43 Å². The number of pyridine rings is 1. The number of nitrogens with one attached hydrogen (secondary N) is 1. The highest BCUT2D eigenvalue weighted by Crippen LogP contribution is 2.18. The van der Waals surface area contributed by atoms with Crippen LogP contribution in [0, 0.1) is 12.7 Å². The van der Waals surface area contributed by atoms with Gasteiger partial charge in [0.2, 0.25) is 5.91 Å². The Balaban J connectivity index is 1.56. The number of amides is 1. The third kappa shape index (κ3) is 3.96. The van der Waals surface area contributed by atoms with Crippen LogP contribution in [0.25, 0.3) is 10.9 Å². The Morgan fingerprint density at radius 2 is 2.12 bits per heavy atom. The van der Waals surface area contributed by atoms with E-state index in [2.05, 4.69) is 11.9 Å². The molecule has 3 rings (SSSR count). The molecule has 0 aliphatic carbocycles. The van der Waals surface area contributed by atoms with Gasteiger partial charge in [-0.2, -0.15) is 0 Å². The summed E-state index contributed by atoms with van der Waals surface area (Å²) in [6.45, 7) is 5.32. The molecule has 2 aromatic rings. The van der Waals surface area contributed by atoms with Gasteiger partial charge in [-0.05, 0) is 31.5 Å². The molecular formula is C20H25FN2O3. The van der Waals surface area contributed by atoms with Gasteiger partial charge >= 0.3 is 0 Å². The molecule has 0 bridgehead atoms. The van der Waals surface area contributed by atoms with Crippen molar-refractivity contribution in [1.82, 2.24) is 9.88 Å². The number of ether oxygens (including phenoxy) is 1. The average molecular weight is 360 g/mol. The van der Waals surface area contributed by atoms with Crippen LogP contribution in [-0.2, 0) is 16.1 Å². The van der Waals surface area contributed by atoms with Crippen LogP contribution in [-0.4, -0.2) is 35.0 Å². The summed E-state index contributed by atoms with van der Waals surface area (Å²) in [5.74, 6) is -0.236. The third-order valence-corrected chi connectivity index (χ3v) is 4.96. The number of aromatic nitrogens is 1. The van der Waals surface area contributed by atoms with Crippen molar-refractivity contribution in [2.75, 3.05) is 13.1 Å². The van der Waals surface area contributed by atoms with Gasteiger partial charge in [0.05, 0.1) is 12.7 Å². The zero-order valence-corrected chi connectivity index (χ0v) is 15.3. The van der Waals surface area contributed by atoms with Crippen LogP contribution in [0.4, 0.5) is 4.39 Å². The van der Waals surface area contributed by atoms with Gasteiger partial charge in [-0.15, -0.1) is 0 Å². The second kappa shape index (κ2) is 7.99. The molecule has 1 amide bonds. The van der Waals surface area contributed by atoms with Crippen molar-refractivity contribution in [3.05, 3.63) is 45.5 Å². The van der Waals surface area contributed by atoms with E-state index < -0.39 is 5.82 Å². The number of fused-ring (bicyclic) bond motifs is 1. The van der Waals surface area contributed by atoms with E-state index in [1.54, 1.807) is 13.0 Å². The van der Waals surface area contributed by atoms with Crippen molar-refractivity contribution in [2.45, 2.75) is 52.2 Å². The Bertz CT molecular complexity index is 856. The van der Waals surface area contributed by atoms with Gasteiger partial charge in [0.1, 0.15) is 5.82 Å². The highest BCUT2D eigenvalue weighted by molar-refractivity contribution is 5.79. The number of aromatic amines is 1. The Hall–Kier alpha value is -2.21. The van der Waals surface area contributed by atoms with E-state index in [4.69, 9.17) is 4.74 Å². The molecule has 0 atom stereocenters. The second-order valence-corrected chi connectivity index (χ2v) is 6.94. The summed E-state index contributed by atoms with van der Waals surface area (Å²) >= 11 is 0. The summed E-state index contributed by atoms with van der Waals surface area (Å²) in [6, 6.07) is 4.14. The lowest BCUT2D eigenvalue weighted by Gasteiger charge is -2.39. The van der Waals surface area contributed by atoms with Crippen LogP contribution >= 0.6 is 0 Å². The van der Waals surface area contributed by atoms with Gasteiger partial charge in [0.25, 0.3) is 0 Å². The first kappa shape index (κ1) is 18.6.